The number of fused-ring (bicyclic) bond motifs is 3. The number of carbonyl (C=O) groups is 1. The van der Waals surface area contributed by atoms with Crippen LogP contribution in [0.2, 0.25) is 5.02 Å². The molecule has 2 aromatic rings. The van der Waals surface area contributed by atoms with Crippen LogP contribution in [0.1, 0.15) is 31.4 Å². The van der Waals surface area contributed by atoms with Crippen molar-refractivity contribution in [3.8, 4) is 5.75 Å². The van der Waals surface area contributed by atoms with Crippen LogP contribution >= 0.6 is 11.6 Å². The topological polar surface area (TPSA) is 65.7 Å². The number of hydrogen-bond acceptors (Lipinski definition) is 5. The lowest BCUT2D eigenvalue weighted by Gasteiger charge is -2.15. The summed E-state index contributed by atoms with van der Waals surface area (Å²) < 4.78 is 15.8. The van der Waals surface area contributed by atoms with Crippen LogP contribution in [-0.2, 0) is 22.4 Å². The van der Waals surface area contributed by atoms with Gasteiger partial charge in [0.25, 0.3) is 0 Å². The predicted octanol–water partition coefficient (Wildman–Crippen LogP) is 3.27. The summed E-state index contributed by atoms with van der Waals surface area (Å²) in [6, 6.07) is 3.30. The molecule has 5 nitrogen and oxygen atoms in total. The van der Waals surface area contributed by atoms with Crippen molar-refractivity contribution in [3.05, 3.63) is 38.7 Å². The van der Waals surface area contributed by atoms with Crippen LogP contribution in [0.4, 0.5) is 0 Å². The molecule has 0 bridgehead atoms. The molecule has 1 aliphatic carbocycles. The highest BCUT2D eigenvalue weighted by Gasteiger charge is 2.22. The fourth-order valence-corrected chi connectivity index (χ4v) is 3.08. The van der Waals surface area contributed by atoms with Crippen LogP contribution in [0.3, 0.4) is 0 Å². The van der Waals surface area contributed by atoms with Gasteiger partial charge in [0.2, 0.25) is 0 Å². The SMILES string of the molecule is CCOC(=O)[C@@H](C)Oc1cc2oc(=O)c3c(c2cc1Cl)CCC3. The molecule has 1 aliphatic rings. The van der Waals surface area contributed by atoms with Gasteiger partial charge in [0.15, 0.2) is 6.10 Å². The first-order chi connectivity index (χ1) is 11.0. The zero-order valence-electron chi connectivity index (χ0n) is 13.0. The van der Waals surface area contributed by atoms with Crippen LogP contribution < -0.4 is 10.4 Å². The highest BCUT2D eigenvalue weighted by molar-refractivity contribution is 6.32. The summed E-state index contributed by atoms with van der Waals surface area (Å²) in [5.41, 5.74) is 1.85. The van der Waals surface area contributed by atoms with Gasteiger partial charge in [-0.2, -0.15) is 0 Å². The number of rotatable bonds is 4. The number of carbonyl (C=O) groups excluding carboxylic acids is 1. The number of ether oxygens (including phenoxy) is 2. The quantitative estimate of drug-likeness (QED) is 0.633. The molecular formula is C17H17ClO5. The third-order valence-electron chi connectivity index (χ3n) is 3.95. The van der Waals surface area contributed by atoms with Gasteiger partial charge in [0.1, 0.15) is 11.3 Å². The van der Waals surface area contributed by atoms with Crippen LogP contribution in [0.5, 0.6) is 5.75 Å². The number of hydrogen-bond donors (Lipinski definition) is 0. The lowest BCUT2D eigenvalue weighted by molar-refractivity contribution is -0.150. The maximum atomic E-state index is 12.0. The van der Waals surface area contributed by atoms with Crippen molar-refractivity contribution < 1.29 is 18.7 Å². The van der Waals surface area contributed by atoms with Crippen LogP contribution in [-0.4, -0.2) is 18.7 Å². The Kier molecular flexibility index (Phi) is 4.31. The van der Waals surface area contributed by atoms with Crippen molar-refractivity contribution in [2.75, 3.05) is 6.61 Å². The Bertz CT molecular complexity index is 824. The summed E-state index contributed by atoms with van der Waals surface area (Å²) in [7, 11) is 0. The summed E-state index contributed by atoms with van der Waals surface area (Å²) in [5, 5.41) is 1.20. The monoisotopic (exact) mass is 336 g/mol. The van der Waals surface area contributed by atoms with Gasteiger partial charge >= 0.3 is 11.6 Å². The molecule has 0 aliphatic heterocycles. The average molecular weight is 337 g/mol. The van der Waals surface area contributed by atoms with Crippen molar-refractivity contribution in [3.63, 3.8) is 0 Å². The fraction of sp³-hybridized carbons (Fsp3) is 0.412. The summed E-state index contributed by atoms with van der Waals surface area (Å²) in [6.07, 6.45) is 1.72. The second kappa shape index (κ2) is 6.24. The second-order valence-electron chi connectivity index (χ2n) is 5.49. The van der Waals surface area contributed by atoms with Gasteiger partial charge in [-0.25, -0.2) is 9.59 Å². The third-order valence-corrected chi connectivity index (χ3v) is 4.24. The zero-order valence-corrected chi connectivity index (χ0v) is 13.7. The smallest absolute Gasteiger partial charge is 0.347 e. The summed E-state index contributed by atoms with van der Waals surface area (Å²) >= 11 is 6.27. The molecule has 23 heavy (non-hydrogen) atoms. The van der Waals surface area contributed by atoms with E-state index in [1.165, 1.54) is 0 Å². The molecule has 0 spiro atoms. The largest absolute Gasteiger partial charge is 0.477 e. The first kappa shape index (κ1) is 15.9. The first-order valence-corrected chi connectivity index (χ1v) is 8.00. The third kappa shape index (κ3) is 2.93. The zero-order chi connectivity index (χ0) is 16.6. The maximum Gasteiger partial charge on any atom is 0.347 e. The van der Waals surface area contributed by atoms with E-state index in [0.717, 1.165) is 35.8 Å². The van der Waals surface area contributed by atoms with Gasteiger partial charge in [0.05, 0.1) is 11.6 Å². The Labute approximate surface area is 138 Å². The highest BCUT2D eigenvalue weighted by Crippen LogP contribution is 2.35. The predicted molar refractivity (Wildman–Crippen MR) is 86.2 cm³/mol. The van der Waals surface area contributed by atoms with Crippen molar-refractivity contribution in [1.82, 2.24) is 0 Å². The van der Waals surface area contributed by atoms with Crippen LogP contribution in [0, 0.1) is 0 Å². The molecule has 6 heteroatoms. The van der Waals surface area contributed by atoms with E-state index in [2.05, 4.69) is 0 Å². The first-order valence-electron chi connectivity index (χ1n) is 7.62. The minimum absolute atomic E-state index is 0.277. The fourth-order valence-electron chi connectivity index (χ4n) is 2.87. The molecule has 122 valence electrons. The molecule has 0 fully saturated rings. The molecule has 0 N–H and O–H groups in total. The number of benzene rings is 1. The standard InChI is InChI=1S/C17H17ClO5/c1-3-21-16(19)9(2)22-15-8-14-12(7-13(15)18)10-5-4-6-11(10)17(20)23-14/h7-9H,3-6H2,1-2H3/t9-/m1/s1. The van der Waals surface area contributed by atoms with Gasteiger partial charge in [-0.05, 0) is 44.7 Å². The lowest BCUT2D eigenvalue weighted by Crippen LogP contribution is -2.26. The lowest BCUT2D eigenvalue weighted by atomic mass is 10.1. The maximum absolute atomic E-state index is 12.0. The number of aryl methyl sites for hydroxylation is 1. The Hall–Kier alpha value is -2.01. The van der Waals surface area contributed by atoms with E-state index < -0.39 is 12.1 Å². The van der Waals surface area contributed by atoms with E-state index in [1.54, 1.807) is 26.0 Å². The Balaban J connectivity index is 2.00. The van der Waals surface area contributed by atoms with Crippen LogP contribution in [0.25, 0.3) is 11.0 Å². The van der Waals surface area contributed by atoms with Gasteiger partial charge in [-0.3, -0.25) is 0 Å². The molecule has 0 amide bonds. The molecule has 1 heterocycles. The second-order valence-corrected chi connectivity index (χ2v) is 5.90. The molecule has 0 radical (unpaired) electrons. The summed E-state index contributed by atoms with van der Waals surface area (Å²) in [5.74, 6) is -0.181. The van der Waals surface area contributed by atoms with E-state index in [-0.39, 0.29) is 12.2 Å². The minimum atomic E-state index is -0.800. The van der Waals surface area contributed by atoms with Crippen molar-refractivity contribution in [2.45, 2.75) is 39.2 Å². The summed E-state index contributed by atoms with van der Waals surface area (Å²) in [6.45, 7) is 3.58. The molecule has 1 aromatic carbocycles. The number of esters is 1. The van der Waals surface area contributed by atoms with E-state index in [9.17, 15) is 9.59 Å². The van der Waals surface area contributed by atoms with Gasteiger partial charge in [0, 0.05) is 17.0 Å². The molecule has 0 unspecified atom stereocenters. The van der Waals surface area contributed by atoms with Gasteiger partial charge in [-0.1, -0.05) is 11.6 Å². The molecule has 0 saturated heterocycles. The molecule has 0 saturated carbocycles. The summed E-state index contributed by atoms with van der Waals surface area (Å²) in [4.78, 5) is 23.7. The van der Waals surface area contributed by atoms with Crippen molar-refractivity contribution >= 4 is 28.5 Å². The Morgan fingerprint density at radius 1 is 1.35 bits per heavy atom. The minimum Gasteiger partial charge on any atom is -0.477 e. The van der Waals surface area contributed by atoms with Crippen LogP contribution in [0.15, 0.2) is 21.3 Å². The Morgan fingerprint density at radius 2 is 2.09 bits per heavy atom. The van der Waals surface area contributed by atoms with E-state index in [0.29, 0.717) is 16.4 Å². The molecule has 1 aromatic heterocycles. The normalized spacial score (nSPS) is 14.6. The number of halogens is 1. The molecule has 1 atom stereocenters. The van der Waals surface area contributed by atoms with Crippen molar-refractivity contribution in [2.24, 2.45) is 0 Å². The molecular weight excluding hydrogens is 320 g/mol. The molecule has 3 rings (SSSR count). The van der Waals surface area contributed by atoms with Gasteiger partial charge < -0.3 is 13.9 Å². The Morgan fingerprint density at radius 3 is 2.83 bits per heavy atom. The highest BCUT2D eigenvalue weighted by atomic mass is 35.5. The van der Waals surface area contributed by atoms with Gasteiger partial charge in [-0.15, -0.1) is 0 Å². The van der Waals surface area contributed by atoms with Crippen molar-refractivity contribution in [1.29, 1.82) is 0 Å². The average Bonchev–Trinajstić information content (AvgIpc) is 3.00. The van der Waals surface area contributed by atoms with E-state index in [1.807, 2.05) is 0 Å². The van der Waals surface area contributed by atoms with E-state index in [4.69, 9.17) is 25.5 Å². The van der Waals surface area contributed by atoms with E-state index >= 15 is 0 Å².